The van der Waals surface area contributed by atoms with E-state index >= 15 is 0 Å². The van der Waals surface area contributed by atoms with E-state index in [1.807, 2.05) is 90.3 Å². The van der Waals surface area contributed by atoms with Gasteiger partial charge in [-0.3, -0.25) is 0 Å². The zero-order valence-corrected chi connectivity index (χ0v) is 31.4. The van der Waals surface area contributed by atoms with Crippen LogP contribution in [-0.4, -0.2) is 83.6 Å². The van der Waals surface area contributed by atoms with Gasteiger partial charge in [-0.15, -0.1) is 40.8 Å². The van der Waals surface area contributed by atoms with Crippen molar-refractivity contribution >= 4 is 79.3 Å². The molecule has 0 aliphatic carbocycles. The number of aromatic nitrogens is 12. The second-order valence-electron chi connectivity index (χ2n) is 10.5. The maximum Gasteiger partial charge on any atom is 0.358 e. The van der Waals surface area contributed by atoms with Crippen LogP contribution in [0.3, 0.4) is 0 Å². The third-order valence-electron chi connectivity index (χ3n) is 7.41. The van der Waals surface area contributed by atoms with Gasteiger partial charge in [-0.05, 0) is 69.3 Å². The number of aromatic carboxylic acids is 1. The van der Waals surface area contributed by atoms with Gasteiger partial charge in [0.1, 0.15) is 0 Å². The quantitative estimate of drug-likeness (QED) is 0.169. The number of carboxylic acid groups (broad SMARTS) is 1. The summed E-state index contributed by atoms with van der Waals surface area (Å²) in [6.07, 6.45) is 7.57. The fourth-order valence-electron chi connectivity index (χ4n) is 4.84. The molecule has 16 nitrogen and oxygen atoms in total. The van der Waals surface area contributed by atoms with Crippen LogP contribution in [0.15, 0.2) is 73.3 Å². The number of carboxylic acids is 1. The number of hydrogen-bond donors (Lipinski definition) is 2. The van der Waals surface area contributed by atoms with Gasteiger partial charge in [0.15, 0.2) is 44.3 Å². The van der Waals surface area contributed by atoms with Gasteiger partial charge in [0.05, 0.1) is 7.11 Å². The van der Waals surface area contributed by atoms with Gasteiger partial charge in [-0.25, -0.2) is 9.59 Å². The number of halogens is 2. The SMILES string of the molecule is CC.CCn1ccc2cc(C(=O)O)nnc21.CCn1ccc2cc(C(=O)OC)nnc21.CCn1ccc2cc(Cl)nnc21.Clc1cc2cc[nH]c2nn1. The fourth-order valence-corrected chi connectivity index (χ4v) is 5.15. The smallest absolute Gasteiger partial charge is 0.358 e. The number of esters is 1. The van der Waals surface area contributed by atoms with Crippen LogP contribution in [0.1, 0.15) is 55.6 Å². The molecule has 0 aliphatic heterocycles. The zero-order valence-electron chi connectivity index (χ0n) is 29.9. The molecule has 276 valence electrons. The van der Waals surface area contributed by atoms with Crippen LogP contribution in [-0.2, 0) is 24.4 Å². The van der Waals surface area contributed by atoms with Crippen LogP contribution in [0.5, 0.6) is 0 Å². The first-order valence-electron chi connectivity index (χ1n) is 16.6. The summed E-state index contributed by atoms with van der Waals surface area (Å²) in [5.41, 5.74) is 3.37. The minimum absolute atomic E-state index is 0.0219. The first-order chi connectivity index (χ1) is 25.6. The van der Waals surface area contributed by atoms with Crippen molar-refractivity contribution in [2.24, 2.45) is 0 Å². The Morgan fingerprint density at radius 1 is 0.642 bits per heavy atom. The van der Waals surface area contributed by atoms with Crippen LogP contribution in [0.4, 0.5) is 0 Å². The molecule has 0 aromatic carbocycles. The Labute approximate surface area is 313 Å². The maximum absolute atomic E-state index is 11.2. The topological polar surface area (TPSA) is 197 Å². The molecule has 0 spiro atoms. The summed E-state index contributed by atoms with van der Waals surface area (Å²) in [5, 5.41) is 43.8. The Balaban J connectivity index is 0.000000157. The Bertz CT molecular complexity index is 2440. The van der Waals surface area contributed by atoms with E-state index in [9.17, 15) is 9.59 Å². The molecule has 0 radical (unpaired) electrons. The van der Waals surface area contributed by atoms with Crippen LogP contribution < -0.4 is 0 Å². The average molecular weight is 762 g/mol. The first-order valence-corrected chi connectivity index (χ1v) is 17.3. The van der Waals surface area contributed by atoms with Gasteiger partial charge in [-0.2, -0.15) is 0 Å². The molecule has 0 aliphatic rings. The first kappa shape index (κ1) is 39.8. The fraction of sp³-hybridized carbons (Fsp3) is 0.257. The number of rotatable bonds is 5. The third-order valence-corrected chi connectivity index (χ3v) is 7.78. The van der Waals surface area contributed by atoms with E-state index in [0.29, 0.717) is 10.3 Å². The molecule has 18 heteroatoms. The lowest BCUT2D eigenvalue weighted by Crippen LogP contribution is -2.06. The van der Waals surface area contributed by atoms with Crippen molar-refractivity contribution in [3.63, 3.8) is 0 Å². The molecule has 8 aromatic heterocycles. The maximum atomic E-state index is 11.2. The molecule has 0 amide bonds. The lowest BCUT2D eigenvalue weighted by atomic mass is 10.3. The van der Waals surface area contributed by atoms with Gasteiger partial charge in [0.2, 0.25) is 0 Å². The highest BCUT2D eigenvalue weighted by Gasteiger charge is 2.11. The van der Waals surface area contributed by atoms with Gasteiger partial charge in [-0.1, -0.05) is 37.0 Å². The van der Waals surface area contributed by atoms with E-state index in [-0.39, 0.29) is 11.4 Å². The van der Waals surface area contributed by atoms with Gasteiger partial charge >= 0.3 is 11.9 Å². The largest absolute Gasteiger partial charge is 0.476 e. The standard InChI is InChI=1S/C10H11N3O2.C9H9N3O2.C8H8ClN3.C6H4ClN3.C2H6/c1-3-13-5-4-7-6-8(10(14)15-2)11-12-9(7)13;1-2-12-4-3-6-5-7(9(13)14)10-11-8(6)12;1-2-12-4-3-6-5-7(9)10-11-8(6)12;7-5-3-4-1-2-8-6(4)10-9-5;1-2/h4-6H,3H2,1-2H3;3-5H,2H2,1H3,(H,13,14);3-5H,2H2,1H3;1-3H,(H,8,10);1-2H3. The molecule has 53 heavy (non-hydrogen) atoms. The molecule has 0 saturated heterocycles. The van der Waals surface area contributed by atoms with Crippen molar-refractivity contribution in [3.8, 4) is 0 Å². The van der Waals surface area contributed by atoms with Crippen molar-refractivity contribution in [2.45, 2.75) is 54.3 Å². The van der Waals surface area contributed by atoms with E-state index in [0.717, 1.165) is 63.8 Å². The highest BCUT2D eigenvalue weighted by molar-refractivity contribution is 6.30. The summed E-state index contributed by atoms with van der Waals surface area (Å²) in [5.74, 6) is -1.52. The minimum Gasteiger partial charge on any atom is -0.476 e. The lowest BCUT2D eigenvalue weighted by molar-refractivity contribution is 0.0592. The van der Waals surface area contributed by atoms with Crippen LogP contribution in [0, 0.1) is 0 Å². The minimum atomic E-state index is -1.05. The molecular formula is C35H38Cl2N12O4. The summed E-state index contributed by atoms with van der Waals surface area (Å²) in [6.45, 7) is 12.6. The summed E-state index contributed by atoms with van der Waals surface area (Å²) in [7, 11) is 1.32. The number of hydrogen-bond acceptors (Lipinski definition) is 11. The second kappa shape index (κ2) is 19.0. The van der Waals surface area contributed by atoms with E-state index in [1.165, 1.54) is 13.2 Å². The van der Waals surface area contributed by atoms with E-state index in [1.54, 1.807) is 18.3 Å². The normalized spacial score (nSPS) is 10.3. The van der Waals surface area contributed by atoms with E-state index in [2.05, 4.69) is 57.4 Å². The van der Waals surface area contributed by atoms with Crippen molar-refractivity contribution in [1.29, 1.82) is 0 Å². The zero-order chi connectivity index (χ0) is 38.5. The van der Waals surface area contributed by atoms with Gasteiger partial charge in [0, 0.05) is 66.0 Å². The number of carbonyl (C=O) groups excluding carboxylic acids is 1. The highest BCUT2D eigenvalue weighted by atomic mass is 35.5. The molecule has 8 rings (SSSR count). The average Bonchev–Trinajstić information content (AvgIpc) is 4.00. The van der Waals surface area contributed by atoms with Crippen LogP contribution >= 0.6 is 23.2 Å². The molecule has 0 bridgehead atoms. The predicted octanol–water partition coefficient (Wildman–Crippen LogP) is 7.13. The van der Waals surface area contributed by atoms with Crippen molar-refractivity contribution < 1.29 is 19.4 Å². The molecule has 0 saturated carbocycles. The molecule has 0 unspecified atom stereocenters. The molecule has 8 aromatic rings. The van der Waals surface area contributed by atoms with Gasteiger partial charge < -0.3 is 28.5 Å². The number of aryl methyl sites for hydroxylation is 3. The Morgan fingerprint density at radius 3 is 1.57 bits per heavy atom. The number of nitrogens with one attached hydrogen (secondary N) is 1. The Hall–Kier alpha value is -6.00. The summed E-state index contributed by atoms with van der Waals surface area (Å²) < 4.78 is 10.5. The lowest BCUT2D eigenvalue weighted by Gasteiger charge is -1.99. The molecular weight excluding hydrogens is 723 g/mol. The number of aromatic amines is 1. The number of fused-ring (bicyclic) bond motifs is 4. The molecule has 0 fully saturated rings. The number of methoxy groups -OCH3 is 1. The molecule has 0 atom stereocenters. The van der Waals surface area contributed by atoms with E-state index < -0.39 is 11.9 Å². The monoisotopic (exact) mass is 760 g/mol. The molecule has 8 heterocycles. The molecule has 2 N–H and O–H groups in total. The number of ether oxygens (including phenoxy) is 1. The van der Waals surface area contributed by atoms with E-state index in [4.69, 9.17) is 28.3 Å². The Morgan fingerprint density at radius 2 is 1.08 bits per heavy atom. The van der Waals surface area contributed by atoms with Crippen molar-refractivity contribution in [3.05, 3.63) is 95.0 Å². The van der Waals surface area contributed by atoms with Crippen molar-refractivity contribution in [1.82, 2.24) is 59.5 Å². The third kappa shape index (κ3) is 9.87. The van der Waals surface area contributed by atoms with Gasteiger partial charge in [0.25, 0.3) is 0 Å². The van der Waals surface area contributed by atoms with Crippen LogP contribution in [0.25, 0.3) is 44.1 Å². The summed E-state index contributed by atoms with van der Waals surface area (Å²) >= 11 is 11.3. The number of carbonyl (C=O) groups is 2. The number of H-pyrrole nitrogens is 1. The summed E-state index contributed by atoms with van der Waals surface area (Å²) in [4.78, 5) is 24.7. The highest BCUT2D eigenvalue weighted by Crippen LogP contribution is 2.16. The summed E-state index contributed by atoms with van der Waals surface area (Å²) in [6, 6.07) is 14.4. The number of nitrogens with zero attached hydrogens (tertiary/aromatic N) is 11. The van der Waals surface area contributed by atoms with Crippen molar-refractivity contribution in [2.75, 3.05) is 7.11 Å². The second-order valence-corrected chi connectivity index (χ2v) is 11.3. The Kier molecular flexibility index (Phi) is 14.3. The van der Waals surface area contributed by atoms with Crippen LogP contribution in [0.2, 0.25) is 10.3 Å². The predicted molar refractivity (Wildman–Crippen MR) is 203 cm³/mol.